The zero-order valence-corrected chi connectivity index (χ0v) is 10.7. The van der Waals surface area contributed by atoms with Crippen molar-refractivity contribution < 1.29 is 19.1 Å². The molecular weight excluding hydrogens is 236 g/mol. The summed E-state index contributed by atoms with van der Waals surface area (Å²) in [4.78, 5) is 18.0. The number of oxazole rings is 1. The predicted octanol–water partition coefficient (Wildman–Crippen LogP) is 0.379. The zero-order chi connectivity index (χ0) is 13.1. The molecule has 1 saturated heterocycles. The van der Waals surface area contributed by atoms with Crippen LogP contribution in [0.3, 0.4) is 0 Å². The summed E-state index contributed by atoms with van der Waals surface area (Å²) >= 11 is 0. The lowest BCUT2D eigenvalue weighted by Crippen LogP contribution is -2.37. The van der Waals surface area contributed by atoms with E-state index in [0.717, 1.165) is 0 Å². The van der Waals surface area contributed by atoms with Crippen molar-refractivity contribution in [2.24, 2.45) is 0 Å². The number of hydrogen-bond acceptors (Lipinski definition) is 5. The Morgan fingerprint density at radius 2 is 2.39 bits per heavy atom. The second-order valence-corrected chi connectivity index (χ2v) is 4.36. The van der Waals surface area contributed by atoms with E-state index >= 15 is 0 Å². The van der Waals surface area contributed by atoms with Gasteiger partial charge < -0.3 is 19.2 Å². The van der Waals surface area contributed by atoms with Crippen LogP contribution in [0.5, 0.6) is 0 Å². The lowest BCUT2D eigenvalue weighted by atomic mass is 10.3. The largest absolute Gasteiger partial charge is 0.435 e. The number of aryl methyl sites for hydroxylation is 2. The highest BCUT2D eigenvalue weighted by molar-refractivity contribution is 5.92. The molecule has 0 bridgehead atoms. The topological polar surface area (TPSA) is 75.8 Å². The number of hydrogen-bond donors (Lipinski definition) is 1. The maximum absolute atomic E-state index is 12.3. The molecule has 2 rings (SSSR count). The number of carbonyl (C=O) groups is 1. The van der Waals surface area contributed by atoms with Crippen LogP contribution in [0.2, 0.25) is 0 Å². The van der Waals surface area contributed by atoms with Crippen molar-refractivity contribution in [3.8, 4) is 0 Å². The second kappa shape index (κ2) is 5.49. The highest BCUT2D eigenvalue weighted by Gasteiger charge is 2.26. The van der Waals surface area contributed by atoms with Gasteiger partial charge in [-0.05, 0) is 6.92 Å². The molecule has 1 atom stereocenters. The zero-order valence-electron chi connectivity index (χ0n) is 10.7. The van der Waals surface area contributed by atoms with Crippen LogP contribution in [0.25, 0.3) is 0 Å². The summed E-state index contributed by atoms with van der Waals surface area (Å²) < 4.78 is 10.6. The van der Waals surface area contributed by atoms with Crippen LogP contribution in [0.4, 0.5) is 0 Å². The fourth-order valence-corrected chi connectivity index (χ4v) is 1.92. The molecule has 1 N–H and O–H groups in total. The monoisotopic (exact) mass is 254 g/mol. The summed E-state index contributed by atoms with van der Waals surface area (Å²) in [6.45, 7) is 5.08. The smallest absolute Gasteiger partial charge is 0.291 e. The van der Waals surface area contributed by atoms with Crippen LogP contribution >= 0.6 is 0 Å². The number of aliphatic hydroxyl groups is 1. The first-order valence-corrected chi connectivity index (χ1v) is 6.13. The van der Waals surface area contributed by atoms with E-state index in [1.54, 1.807) is 11.8 Å². The summed E-state index contributed by atoms with van der Waals surface area (Å²) in [7, 11) is 0. The van der Waals surface area contributed by atoms with Crippen molar-refractivity contribution in [1.82, 2.24) is 9.88 Å². The van der Waals surface area contributed by atoms with Crippen LogP contribution < -0.4 is 0 Å². The van der Waals surface area contributed by atoms with Gasteiger partial charge in [0.2, 0.25) is 5.76 Å². The molecule has 18 heavy (non-hydrogen) atoms. The SMILES string of the molecule is CCc1nc(C)c(C(=O)N2CCOC[C@H](O)C2)o1. The first kappa shape index (κ1) is 13.0. The summed E-state index contributed by atoms with van der Waals surface area (Å²) in [5, 5.41) is 9.61. The lowest BCUT2D eigenvalue weighted by molar-refractivity contribution is 0.0525. The minimum atomic E-state index is -0.648. The minimum Gasteiger partial charge on any atom is -0.435 e. The number of aromatic nitrogens is 1. The van der Waals surface area contributed by atoms with Crippen molar-refractivity contribution in [3.05, 3.63) is 17.3 Å². The molecule has 0 aliphatic carbocycles. The van der Waals surface area contributed by atoms with Crippen LogP contribution in [0, 0.1) is 6.92 Å². The molecule has 1 fully saturated rings. The molecule has 0 radical (unpaired) electrons. The van der Waals surface area contributed by atoms with E-state index in [-0.39, 0.29) is 24.8 Å². The van der Waals surface area contributed by atoms with Crippen LogP contribution in [-0.4, -0.2) is 53.3 Å². The summed E-state index contributed by atoms with van der Waals surface area (Å²) in [5.74, 6) is 0.590. The number of rotatable bonds is 2. The van der Waals surface area contributed by atoms with E-state index < -0.39 is 6.10 Å². The average molecular weight is 254 g/mol. The molecule has 1 aromatic rings. The predicted molar refractivity (Wildman–Crippen MR) is 63.3 cm³/mol. The number of amides is 1. The van der Waals surface area contributed by atoms with E-state index in [9.17, 15) is 9.90 Å². The maximum atomic E-state index is 12.3. The molecule has 1 aromatic heterocycles. The summed E-state index contributed by atoms with van der Waals surface area (Å²) in [6.07, 6.45) is 0.00479. The normalized spacial score (nSPS) is 20.8. The molecule has 1 aliphatic heterocycles. The third kappa shape index (κ3) is 2.70. The fraction of sp³-hybridized carbons (Fsp3) is 0.667. The summed E-state index contributed by atoms with van der Waals surface area (Å²) in [6, 6.07) is 0. The van der Waals surface area contributed by atoms with Gasteiger partial charge in [-0.25, -0.2) is 4.98 Å². The van der Waals surface area contributed by atoms with Gasteiger partial charge in [-0.15, -0.1) is 0 Å². The molecule has 0 spiro atoms. The molecule has 1 amide bonds. The third-order valence-corrected chi connectivity index (χ3v) is 2.87. The van der Waals surface area contributed by atoms with Gasteiger partial charge in [0.15, 0.2) is 5.89 Å². The van der Waals surface area contributed by atoms with E-state index in [4.69, 9.17) is 9.15 Å². The van der Waals surface area contributed by atoms with E-state index in [0.29, 0.717) is 31.2 Å². The summed E-state index contributed by atoms with van der Waals surface area (Å²) in [5.41, 5.74) is 0.594. The number of aliphatic hydroxyl groups excluding tert-OH is 1. The highest BCUT2D eigenvalue weighted by Crippen LogP contribution is 2.14. The molecular formula is C12H18N2O4. The molecule has 0 saturated carbocycles. The molecule has 2 heterocycles. The van der Waals surface area contributed by atoms with E-state index in [2.05, 4.69) is 4.98 Å². The van der Waals surface area contributed by atoms with Crippen molar-refractivity contribution in [1.29, 1.82) is 0 Å². The Bertz CT molecular complexity index is 430. The van der Waals surface area contributed by atoms with Crippen molar-refractivity contribution >= 4 is 5.91 Å². The van der Waals surface area contributed by atoms with Crippen molar-refractivity contribution in [2.45, 2.75) is 26.4 Å². The number of β-amino-alcohol motifs (C(OH)–C–C–N with tert-alkyl or cyclic N) is 1. The van der Waals surface area contributed by atoms with Gasteiger partial charge in [0.1, 0.15) is 0 Å². The van der Waals surface area contributed by atoms with Gasteiger partial charge in [-0.3, -0.25) is 4.79 Å². The number of ether oxygens (including phenoxy) is 1. The third-order valence-electron chi connectivity index (χ3n) is 2.87. The highest BCUT2D eigenvalue weighted by atomic mass is 16.5. The quantitative estimate of drug-likeness (QED) is 0.825. The Morgan fingerprint density at radius 1 is 1.61 bits per heavy atom. The van der Waals surface area contributed by atoms with Crippen LogP contribution in [-0.2, 0) is 11.2 Å². The van der Waals surface area contributed by atoms with Gasteiger partial charge in [0.05, 0.1) is 25.0 Å². The maximum Gasteiger partial charge on any atom is 0.291 e. The van der Waals surface area contributed by atoms with Gasteiger partial charge in [0, 0.05) is 19.5 Å². The first-order chi connectivity index (χ1) is 8.61. The average Bonchev–Trinajstić information content (AvgIpc) is 2.59. The molecule has 6 nitrogen and oxygen atoms in total. The van der Waals surface area contributed by atoms with Crippen molar-refractivity contribution in [3.63, 3.8) is 0 Å². The standard InChI is InChI=1S/C12H18N2O4/c1-3-10-13-8(2)11(18-10)12(16)14-4-5-17-7-9(15)6-14/h9,15H,3-7H2,1-2H3/t9-/m1/s1. The Hall–Kier alpha value is -1.40. The van der Waals surface area contributed by atoms with Gasteiger partial charge in [0.25, 0.3) is 5.91 Å². The molecule has 0 unspecified atom stereocenters. The first-order valence-electron chi connectivity index (χ1n) is 6.13. The van der Waals surface area contributed by atoms with Crippen LogP contribution in [0.1, 0.15) is 29.1 Å². The van der Waals surface area contributed by atoms with Gasteiger partial charge >= 0.3 is 0 Å². The second-order valence-electron chi connectivity index (χ2n) is 4.36. The Kier molecular flexibility index (Phi) is 3.98. The van der Waals surface area contributed by atoms with Crippen LogP contribution in [0.15, 0.2) is 4.42 Å². The Balaban J connectivity index is 2.16. The Morgan fingerprint density at radius 3 is 3.06 bits per heavy atom. The lowest BCUT2D eigenvalue weighted by Gasteiger charge is -2.20. The molecule has 100 valence electrons. The Labute approximate surface area is 106 Å². The van der Waals surface area contributed by atoms with Crippen molar-refractivity contribution in [2.75, 3.05) is 26.3 Å². The van der Waals surface area contributed by atoms with E-state index in [1.165, 1.54) is 0 Å². The van der Waals surface area contributed by atoms with Gasteiger partial charge in [-0.2, -0.15) is 0 Å². The minimum absolute atomic E-state index is 0.232. The van der Waals surface area contributed by atoms with Gasteiger partial charge in [-0.1, -0.05) is 6.92 Å². The molecule has 1 aliphatic rings. The molecule has 6 heteroatoms. The fourth-order valence-electron chi connectivity index (χ4n) is 1.92. The number of carbonyl (C=O) groups excluding carboxylic acids is 1. The van der Waals surface area contributed by atoms with E-state index in [1.807, 2.05) is 6.92 Å². The molecule has 0 aromatic carbocycles. The number of nitrogens with zero attached hydrogens (tertiary/aromatic N) is 2.